The maximum Gasteiger partial charge on any atom is 0.322 e. The molecule has 1 aromatic heterocycles. The molecule has 2 aromatic rings. The van der Waals surface area contributed by atoms with Crippen LogP contribution in [0, 0.1) is 0 Å². The number of urea groups is 1. The molecule has 23 heavy (non-hydrogen) atoms. The van der Waals surface area contributed by atoms with E-state index in [1.54, 1.807) is 12.4 Å². The van der Waals surface area contributed by atoms with Crippen LogP contribution in [0.3, 0.4) is 0 Å². The molecule has 0 atom stereocenters. The van der Waals surface area contributed by atoms with Crippen molar-refractivity contribution in [1.82, 2.24) is 9.88 Å². The van der Waals surface area contributed by atoms with Gasteiger partial charge < -0.3 is 15.0 Å². The van der Waals surface area contributed by atoms with E-state index in [1.807, 2.05) is 48.2 Å². The van der Waals surface area contributed by atoms with Crippen LogP contribution in [0.15, 0.2) is 48.8 Å². The van der Waals surface area contributed by atoms with Crippen molar-refractivity contribution in [3.63, 3.8) is 0 Å². The first-order valence-corrected chi connectivity index (χ1v) is 7.96. The Hall–Kier alpha value is -2.56. The summed E-state index contributed by atoms with van der Waals surface area (Å²) in [6, 6.07) is 11.6. The van der Waals surface area contributed by atoms with Gasteiger partial charge in [-0.1, -0.05) is 12.1 Å². The molecule has 120 valence electrons. The Kier molecular flexibility index (Phi) is 4.76. The van der Waals surface area contributed by atoms with Gasteiger partial charge in [0.25, 0.3) is 0 Å². The lowest BCUT2D eigenvalue weighted by Crippen LogP contribution is -2.36. The monoisotopic (exact) mass is 311 g/mol. The van der Waals surface area contributed by atoms with Gasteiger partial charge in [0, 0.05) is 25.0 Å². The number of amides is 2. The minimum absolute atomic E-state index is 0.0866. The van der Waals surface area contributed by atoms with Crippen LogP contribution in [-0.4, -0.2) is 28.6 Å². The molecule has 0 radical (unpaired) electrons. The number of nitrogens with one attached hydrogen (secondary N) is 1. The molecule has 0 unspecified atom stereocenters. The van der Waals surface area contributed by atoms with Crippen molar-refractivity contribution in [3.8, 4) is 5.75 Å². The predicted molar refractivity (Wildman–Crippen MR) is 89.4 cm³/mol. The summed E-state index contributed by atoms with van der Waals surface area (Å²) in [5.41, 5.74) is 1.79. The summed E-state index contributed by atoms with van der Waals surface area (Å²) in [4.78, 5) is 18.6. The largest absolute Gasteiger partial charge is 0.492 e. The van der Waals surface area contributed by atoms with Crippen LogP contribution < -0.4 is 10.1 Å². The van der Waals surface area contributed by atoms with E-state index in [0.29, 0.717) is 30.6 Å². The summed E-state index contributed by atoms with van der Waals surface area (Å²) in [6.07, 6.45) is 5.63. The number of para-hydroxylation sites is 2. The fourth-order valence-electron chi connectivity index (χ4n) is 2.48. The highest BCUT2D eigenvalue weighted by atomic mass is 16.5. The number of carbonyl (C=O) groups is 1. The minimum atomic E-state index is -0.0866. The normalized spacial score (nSPS) is 13.4. The van der Waals surface area contributed by atoms with Gasteiger partial charge in [-0.3, -0.25) is 4.98 Å². The van der Waals surface area contributed by atoms with Crippen LogP contribution in [-0.2, 0) is 6.54 Å². The smallest absolute Gasteiger partial charge is 0.322 e. The molecular weight excluding hydrogens is 290 g/mol. The molecule has 1 N–H and O–H groups in total. The van der Waals surface area contributed by atoms with E-state index in [9.17, 15) is 4.79 Å². The van der Waals surface area contributed by atoms with Crippen molar-refractivity contribution in [2.75, 3.05) is 11.9 Å². The molecule has 3 rings (SSSR count). The third-order valence-electron chi connectivity index (χ3n) is 3.78. The molecule has 1 aromatic carbocycles. The van der Waals surface area contributed by atoms with E-state index in [0.717, 1.165) is 18.4 Å². The molecule has 0 spiro atoms. The maximum absolute atomic E-state index is 12.7. The Bertz CT molecular complexity index is 656. The minimum Gasteiger partial charge on any atom is -0.492 e. The van der Waals surface area contributed by atoms with Crippen LogP contribution in [0.4, 0.5) is 10.5 Å². The summed E-state index contributed by atoms with van der Waals surface area (Å²) < 4.78 is 5.57. The Morgan fingerprint density at radius 1 is 1.26 bits per heavy atom. The summed E-state index contributed by atoms with van der Waals surface area (Å²) in [7, 11) is 0. The average molecular weight is 311 g/mol. The average Bonchev–Trinajstić information content (AvgIpc) is 3.40. The van der Waals surface area contributed by atoms with E-state index in [1.165, 1.54) is 0 Å². The zero-order valence-electron chi connectivity index (χ0n) is 13.2. The Morgan fingerprint density at radius 2 is 2.00 bits per heavy atom. The summed E-state index contributed by atoms with van der Waals surface area (Å²) >= 11 is 0. The van der Waals surface area contributed by atoms with Gasteiger partial charge in [0.15, 0.2) is 0 Å². The first-order chi connectivity index (χ1) is 11.3. The van der Waals surface area contributed by atoms with Gasteiger partial charge in [-0.2, -0.15) is 0 Å². The third-order valence-corrected chi connectivity index (χ3v) is 3.78. The lowest BCUT2D eigenvalue weighted by atomic mass is 10.2. The molecule has 1 aliphatic carbocycles. The van der Waals surface area contributed by atoms with E-state index in [2.05, 4.69) is 10.3 Å². The molecule has 0 aliphatic heterocycles. The van der Waals surface area contributed by atoms with Crippen molar-refractivity contribution < 1.29 is 9.53 Å². The molecule has 0 saturated heterocycles. The second kappa shape index (κ2) is 7.13. The fourth-order valence-corrected chi connectivity index (χ4v) is 2.48. The standard InChI is InChI=1S/C18H21N3O2/c1-2-23-17-6-4-3-5-16(17)20-18(22)21(15-7-8-15)13-14-9-11-19-12-10-14/h3-6,9-12,15H,2,7-8,13H2,1H3,(H,20,22). The number of hydrogen-bond acceptors (Lipinski definition) is 3. The lowest BCUT2D eigenvalue weighted by molar-refractivity contribution is 0.206. The number of ether oxygens (including phenoxy) is 1. The van der Waals surface area contributed by atoms with Crippen LogP contribution in [0.5, 0.6) is 5.75 Å². The van der Waals surface area contributed by atoms with E-state index in [4.69, 9.17) is 4.74 Å². The van der Waals surface area contributed by atoms with E-state index in [-0.39, 0.29) is 6.03 Å². The molecule has 5 heteroatoms. The molecule has 1 fully saturated rings. The number of nitrogens with zero attached hydrogens (tertiary/aromatic N) is 2. The molecule has 0 bridgehead atoms. The quantitative estimate of drug-likeness (QED) is 0.885. The molecule has 1 heterocycles. The molecule has 1 aliphatic rings. The van der Waals surface area contributed by atoms with Gasteiger partial charge in [0.1, 0.15) is 5.75 Å². The van der Waals surface area contributed by atoms with Crippen molar-refractivity contribution >= 4 is 11.7 Å². The number of rotatable bonds is 6. The SMILES string of the molecule is CCOc1ccccc1NC(=O)N(Cc1ccncc1)C1CC1. The molecule has 5 nitrogen and oxygen atoms in total. The van der Waals surface area contributed by atoms with Gasteiger partial charge in [0.2, 0.25) is 0 Å². The second-order valence-corrected chi connectivity index (χ2v) is 5.57. The van der Waals surface area contributed by atoms with Crippen LogP contribution >= 0.6 is 0 Å². The van der Waals surface area contributed by atoms with E-state index < -0.39 is 0 Å². The number of anilines is 1. The molecule has 2 amide bonds. The zero-order chi connectivity index (χ0) is 16.1. The van der Waals surface area contributed by atoms with Gasteiger partial charge in [-0.25, -0.2) is 4.79 Å². The van der Waals surface area contributed by atoms with Crippen LogP contribution in [0.25, 0.3) is 0 Å². The summed E-state index contributed by atoms with van der Waals surface area (Å²) in [6.45, 7) is 3.09. The second-order valence-electron chi connectivity index (χ2n) is 5.57. The van der Waals surface area contributed by atoms with Crippen molar-refractivity contribution in [2.45, 2.75) is 32.4 Å². The number of benzene rings is 1. The molecule has 1 saturated carbocycles. The van der Waals surface area contributed by atoms with Crippen LogP contribution in [0.2, 0.25) is 0 Å². The maximum atomic E-state index is 12.7. The van der Waals surface area contributed by atoms with Crippen molar-refractivity contribution in [2.24, 2.45) is 0 Å². The highest BCUT2D eigenvalue weighted by Crippen LogP contribution is 2.30. The van der Waals surface area contributed by atoms with Gasteiger partial charge in [-0.05, 0) is 49.6 Å². The predicted octanol–water partition coefficient (Wildman–Crippen LogP) is 3.68. The van der Waals surface area contributed by atoms with Crippen molar-refractivity contribution in [1.29, 1.82) is 0 Å². The number of aromatic nitrogens is 1. The first kappa shape index (κ1) is 15.3. The topological polar surface area (TPSA) is 54.5 Å². The summed E-state index contributed by atoms with van der Waals surface area (Å²) in [5, 5.41) is 2.98. The summed E-state index contributed by atoms with van der Waals surface area (Å²) in [5.74, 6) is 0.697. The zero-order valence-corrected chi connectivity index (χ0v) is 13.2. The first-order valence-electron chi connectivity index (χ1n) is 7.96. The number of pyridine rings is 1. The van der Waals surface area contributed by atoms with Gasteiger partial charge in [-0.15, -0.1) is 0 Å². The van der Waals surface area contributed by atoms with E-state index >= 15 is 0 Å². The molecular formula is C18H21N3O2. The van der Waals surface area contributed by atoms with Gasteiger partial charge >= 0.3 is 6.03 Å². The fraction of sp³-hybridized carbons (Fsp3) is 0.333. The number of carbonyl (C=O) groups excluding carboxylic acids is 1. The Balaban J connectivity index is 1.72. The third kappa shape index (κ3) is 4.00. The van der Waals surface area contributed by atoms with Crippen molar-refractivity contribution in [3.05, 3.63) is 54.4 Å². The highest BCUT2D eigenvalue weighted by molar-refractivity contribution is 5.91. The Morgan fingerprint density at radius 3 is 2.70 bits per heavy atom. The highest BCUT2D eigenvalue weighted by Gasteiger charge is 2.32. The lowest BCUT2D eigenvalue weighted by Gasteiger charge is -2.23. The number of hydrogen-bond donors (Lipinski definition) is 1. The Labute approximate surface area is 136 Å². The van der Waals surface area contributed by atoms with Crippen LogP contribution in [0.1, 0.15) is 25.3 Å². The van der Waals surface area contributed by atoms with Gasteiger partial charge in [0.05, 0.1) is 12.3 Å².